The smallest absolute Gasteiger partial charge is 0.319 e. The molecule has 3 aromatic rings. The molecule has 1 aliphatic heterocycles. The van der Waals surface area contributed by atoms with E-state index in [-0.39, 0.29) is 6.03 Å². The molecule has 1 aliphatic rings. The fourth-order valence-corrected chi connectivity index (χ4v) is 4.35. The zero-order valence-electron chi connectivity index (χ0n) is 16.6. The third-order valence-electron chi connectivity index (χ3n) is 5.09. The summed E-state index contributed by atoms with van der Waals surface area (Å²) in [5.41, 5.74) is 5.37. The third kappa shape index (κ3) is 5.15. The fraction of sp³-hybridized carbons (Fsp3) is 0.304. The van der Waals surface area contributed by atoms with Crippen LogP contribution in [-0.2, 0) is 6.42 Å². The second-order valence-corrected chi connectivity index (χ2v) is 8.24. The van der Waals surface area contributed by atoms with Gasteiger partial charge in [0.05, 0.1) is 5.69 Å². The average molecular weight is 407 g/mol. The molecule has 150 valence electrons. The minimum atomic E-state index is -0.183. The molecule has 5 nitrogen and oxygen atoms in total. The lowest BCUT2D eigenvalue weighted by Gasteiger charge is -2.18. The molecule has 2 heterocycles. The maximum absolute atomic E-state index is 12.2. The van der Waals surface area contributed by atoms with Gasteiger partial charge in [0.1, 0.15) is 5.01 Å². The highest BCUT2D eigenvalue weighted by atomic mass is 32.1. The zero-order chi connectivity index (χ0) is 20.1. The van der Waals surface area contributed by atoms with E-state index in [1.807, 2.05) is 18.2 Å². The van der Waals surface area contributed by atoms with Crippen LogP contribution >= 0.6 is 11.3 Å². The summed E-state index contributed by atoms with van der Waals surface area (Å²) in [4.78, 5) is 19.3. The van der Waals surface area contributed by atoms with E-state index >= 15 is 0 Å². The predicted molar refractivity (Wildman–Crippen MR) is 121 cm³/mol. The van der Waals surface area contributed by atoms with Crippen molar-refractivity contribution in [1.82, 2.24) is 10.3 Å². The van der Waals surface area contributed by atoms with Crippen molar-refractivity contribution in [3.05, 3.63) is 65.2 Å². The van der Waals surface area contributed by atoms with Crippen molar-refractivity contribution in [2.45, 2.75) is 26.2 Å². The summed E-state index contributed by atoms with van der Waals surface area (Å²) in [6.07, 6.45) is 3.18. The number of hydrogen-bond donors (Lipinski definition) is 2. The first-order chi connectivity index (χ1) is 14.2. The molecule has 2 amide bonds. The molecule has 29 heavy (non-hydrogen) atoms. The molecule has 0 radical (unpaired) electrons. The molecular formula is C23H26N4OS. The second-order valence-electron chi connectivity index (χ2n) is 7.39. The van der Waals surface area contributed by atoms with Gasteiger partial charge in [-0.05, 0) is 38.0 Å². The molecule has 1 fully saturated rings. The van der Waals surface area contributed by atoms with Crippen LogP contribution < -0.4 is 15.5 Å². The Morgan fingerprint density at radius 1 is 1.14 bits per heavy atom. The summed E-state index contributed by atoms with van der Waals surface area (Å²) in [6.45, 7) is 4.81. The molecule has 0 aliphatic carbocycles. The van der Waals surface area contributed by atoms with Crippen molar-refractivity contribution >= 4 is 28.7 Å². The van der Waals surface area contributed by atoms with E-state index in [1.54, 1.807) is 11.3 Å². The number of benzene rings is 2. The highest BCUT2D eigenvalue weighted by Crippen LogP contribution is 2.24. The highest BCUT2D eigenvalue weighted by Gasteiger charge is 2.13. The SMILES string of the molecule is Cc1ccc(-c2nc(CCNC(=O)Nc3cccc(N4CCCC4)c3)cs2)cc1. The van der Waals surface area contributed by atoms with E-state index < -0.39 is 0 Å². The minimum absolute atomic E-state index is 0.183. The average Bonchev–Trinajstić information content (AvgIpc) is 3.41. The van der Waals surface area contributed by atoms with Gasteiger partial charge in [-0.2, -0.15) is 0 Å². The van der Waals surface area contributed by atoms with Gasteiger partial charge in [-0.15, -0.1) is 11.3 Å². The van der Waals surface area contributed by atoms with Gasteiger partial charge < -0.3 is 15.5 Å². The quantitative estimate of drug-likeness (QED) is 0.600. The number of aromatic nitrogens is 1. The van der Waals surface area contributed by atoms with Crippen LogP contribution in [0, 0.1) is 6.92 Å². The molecule has 0 unspecified atom stereocenters. The van der Waals surface area contributed by atoms with Crippen molar-refractivity contribution in [3.8, 4) is 10.6 Å². The summed E-state index contributed by atoms with van der Waals surface area (Å²) in [5, 5.41) is 8.94. The zero-order valence-corrected chi connectivity index (χ0v) is 17.5. The van der Waals surface area contributed by atoms with Crippen LogP contribution in [0.15, 0.2) is 53.9 Å². The van der Waals surface area contributed by atoms with Gasteiger partial charge in [0.25, 0.3) is 0 Å². The number of anilines is 2. The van der Waals surface area contributed by atoms with Crippen molar-refractivity contribution in [1.29, 1.82) is 0 Å². The molecule has 0 bridgehead atoms. The monoisotopic (exact) mass is 406 g/mol. The molecule has 0 atom stereocenters. The first kappa shape index (κ1) is 19.5. The Morgan fingerprint density at radius 2 is 1.93 bits per heavy atom. The van der Waals surface area contributed by atoms with Gasteiger partial charge in [-0.1, -0.05) is 35.9 Å². The van der Waals surface area contributed by atoms with Crippen molar-refractivity contribution < 1.29 is 4.79 Å². The Kier molecular flexibility index (Phi) is 6.10. The Bertz CT molecular complexity index is 961. The number of nitrogens with one attached hydrogen (secondary N) is 2. The Balaban J connectivity index is 1.26. The summed E-state index contributed by atoms with van der Waals surface area (Å²) >= 11 is 1.64. The molecule has 1 aromatic heterocycles. The van der Waals surface area contributed by atoms with Crippen LogP contribution in [0.3, 0.4) is 0 Å². The third-order valence-corrected chi connectivity index (χ3v) is 6.03. The number of amides is 2. The molecule has 6 heteroatoms. The molecule has 0 spiro atoms. The summed E-state index contributed by atoms with van der Waals surface area (Å²) in [5.74, 6) is 0. The van der Waals surface area contributed by atoms with E-state index in [9.17, 15) is 4.79 Å². The number of aryl methyl sites for hydroxylation is 1. The summed E-state index contributed by atoms with van der Waals surface area (Å²) in [6, 6.07) is 16.3. The Morgan fingerprint density at radius 3 is 2.72 bits per heavy atom. The minimum Gasteiger partial charge on any atom is -0.371 e. The van der Waals surface area contributed by atoms with Gasteiger partial charge in [-0.3, -0.25) is 0 Å². The van der Waals surface area contributed by atoms with Crippen LogP contribution in [-0.4, -0.2) is 30.6 Å². The maximum atomic E-state index is 12.2. The molecule has 4 rings (SSSR count). The van der Waals surface area contributed by atoms with Crippen LogP contribution in [0.25, 0.3) is 10.6 Å². The van der Waals surface area contributed by atoms with E-state index in [4.69, 9.17) is 0 Å². The van der Waals surface area contributed by atoms with Crippen LogP contribution in [0.5, 0.6) is 0 Å². The topological polar surface area (TPSA) is 57.3 Å². The lowest BCUT2D eigenvalue weighted by atomic mass is 10.2. The van der Waals surface area contributed by atoms with Crippen molar-refractivity contribution in [2.24, 2.45) is 0 Å². The van der Waals surface area contributed by atoms with Crippen molar-refractivity contribution in [2.75, 3.05) is 29.9 Å². The van der Waals surface area contributed by atoms with Crippen molar-refractivity contribution in [3.63, 3.8) is 0 Å². The molecule has 2 aromatic carbocycles. The fourth-order valence-electron chi connectivity index (χ4n) is 3.49. The van der Waals surface area contributed by atoms with Gasteiger partial charge in [0, 0.05) is 48.4 Å². The van der Waals surface area contributed by atoms with Gasteiger partial charge >= 0.3 is 6.03 Å². The Hall–Kier alpha value is -2.86. The highest BCUT2D eigenvalue weighted by molar-refractivity contribution is 7.13. The van der Waals surface area contributed by atoms with Crippen LogP contribution in [0.2, 0.25) is 0 Å². The number of rotatable bonds is 6. The standard InChI is InChI=1S/C23H26N4OS/c1-17-7-9-18(10-8-17)22-25-20(16-29-22)11-12-24-23(28)26-19-5-4-6-21(15-19)27-13-2-3-14-27/h4-10,15-16H,2-3,11-14H2,1H3,(H2,24,26,28). The predicted octanol–water partition coefficient (Wildman–Crippen LogP) is 5.08. The number of carbonyl (C=O) groups is 1. The summed E-state index contributed by atoms with van der Waals surface area (Å²) in [7, 11) is 0. The molecule has 1 saturated heterocycles. The molecule has 2 N–H and O–H groups in total. The van der Waals surface area contributed by atoms with Gasteiger partial charge in [-0.25, -0.2) is 9.78 Å². The molecule has 0 saturated carbocycles. The van der Waals surface area contributed by atoms with Gasteiger partial charge in [0.2, 0.25) is 0 Å². The lowest BCUT2D eigenvalue weighted by molar-refractivity contribution is 0.252. The lowest BCUT2D eigenvalue weighted by Crippen LogP contribution is -2.30. The first-order valence-corrected chi connectivity index (χ1v) is 11.0. The van der Waals surface area contributed by atoms with Crippen LogP contribution in [0.4, 0.5) is 16.2 Å². The molecular weight excluding hydrogens is 380 g/mol. The number of carbonyl (C=O) groups excluding carboxylic acids is 1. The largest absolute Gasteiger partial charge is 0.371 e. The second kappa shape index (κ2) is 9.09. The van der Waals surface area contributed by atoms with E-state index in [0.717, 1.165) is 35.0 Å². The van der Waals surface area contributed by atoms with E-state index in [0.29, 0.717) is 13.0 Å². The Labute approximate surface area is 175 Å². The number of hydrogen-bond acceptors (Lipinski definition) is 4. The first-order valence-electron chi connectivity index (χ1n) is 10.1. The number of nitrogens with zero attached hydrogens (tertiary/aromatic N) is 2. The number of urea groups is 1. The van der Waals surface area contributed by atoms with Gasteiger partial charge in [0.15, 0.2) is 0 Å². The van der Waals surface area contributed by atoms with E-state index in [1.165, 1.54) is 24.1 Å². The maximum Gasteiger partial charge on any atom is 0.319 e. The number of thiazole rings is 1. The van der Waals surface area contributed by atoms with Crippen LogP contribution in [0.1, 0.15) is 24.1 Å². The van der Waals surface area contributed by atoms with E-state index in [2.05, 4.69) is 63.2 Å². The normalized spacial score (nSPS) is 13.5. The summed E-state index contributed by atoms with van der Waals surface area (Å²) < 4.78 is 0.